The Balaban J connectivity index is 0.000000162. The summed E-state index contributed by atoms with van der Waals surface area (Å²) in [5.41, 5.74) is 5.45. The van der Waals surface area contributed by atoms with E-state index in [1.54, 1.807) is 133 Å². The molecule has 6 aromatic heterocycles. The number of urea groups is 3. The van der Waals surface area contributed by atoms with Crippen molar-refractivity contribution in [2.75, 3.05) is 44.3 Å². The molecule has 32 heteroatoms. The number of alkyl halides is 9. The van der Waals surface area contributed by atoms with Crippen LogP contribution in [0.5, 0.6) is 11.8 Å². The van der Waals surface area contributed by atoms with Crippen LogP contribution in [-0.4, -0.2) is 81.4 Å². The molecule has 0 spiro atoms. The molecule has 100 heavy (non-hydrogen) atoms. The summed E-state index contributed by atoms with van der Waals surface area (Å²) in [7, 11) is 7.09. The second-order valence-corrected chi connectivity index (χ2v) is 21.7. The highest BCUT2D eigenvalue weighted by molar-refractivity contribution is 6.04. The van der Waals surface area contributed by atoms with Crippen molar-refractivity contribution < 1.29 is 73.0 Å². The number of amides is 6. The second kappa shape index (κ2) is 29.2. The van der Waals surface area contributed by atoms with E-state index in [0.29, 0.717) is 39.5 Å². The van der Waals surface area contributed by atoms with E-state index < -0.39 is 65.3 Å². The molecule has 0 radical (unpaired) electrons. The summed E-state index contributed by atoms with van der Waals surface area (Å²) in [6, 6.07) is 31.5. The van der Waals surface area contributed by atoms with E-state index in [1.807, 2.05) is 19.2 Å². The number of nitrogens with one attached hydrogen (secondary N) is 7. The van der Waals surface area contributed by atoms with Crippen molar-refractivity contribution in [1.82, 2.24) is 44.3 Å². The number of aryl methyl sites for hydroxylation is 3. The van der Waals surface area contributed by atoms with Gasteiger partial charge in [0.1, 0.15) is 11.0 Å². The van der Waals surface area contributed by atoms with Crippen molar-refractivity contribution in [1.29, 1.82) is 0 Å². The van der Waals surface area contributed by atoms with Gasteiger partial charge in [0.05, 0.1) is 52.6 Å². The van der Waals surface area contributed by atoms with Crippen LogP contribution in [0.2, 0.25) is 0 Å². The molecule has 0 aliphatic heterocycles. The molecule has 0 saturated carbocycles. The maximum absolute atomic E-state index is 12.9. The minimum Gasteiger partial charge on any atom is -0.407 e. The number of aromatic nitrogens is 9. The average molecular weight is 1380 g/mol. The van der Waals surface area contributed by atoms with E-state index in [0.717, 1.165) is 85.8 Å². The summed E-state index contributed by atoms with van der Waals surface area (Å²) >= 11 is 0. The molecule has 0 unspecified atom stereocenters. The Morgan fingerprint density at radius 3 is 1.15 bits per heavy atom. The third-order valence-corrected chi connectivity index (χ3v) is 14.7. The fourth-order valence-corrected chi connectivity index (χ4v) is 10.1. The normalized spacial score (nSPS) is 11.3. The van der Waals surface area contributed by atoms with Gasteiger partial charge in [-0.05, 0) is 108 Å². The lowest BCUT2D eigenvalue weighted by Crippen LogP contribution is -2.19. The van der Waals surface area contributed by atoms with Crippen molar-refractivity contribution in [3.63, 3.8) is 0 Å². The Bertz CT molecular complexity index is 5040. The number of hydrogen-bond donors (Lipinski definition) is 7. The standard InChI is InChI=1S/2C23H18F3N5O3.C22H19F3N6O/c1-13(32)34-21-20(18-11-28-31(2)19(18)12-27-21)14-6-8-16(9-7-14)29-22(33)30-17-5-3-4-15(10-17)23(24,25)26;1-13(32)34-21-20-19(12-28-31(20)2)18(11-27-21)14-6-8-16(9-7-14)29-22(33)30-17-5-3-4-15(10-17)23(24,25)26;1-26-20-19-18(12-28-31(19)2)17(11-27-20)13-6-8-15(9-7-13)29-21(32)30-16-5-3-4-14(10-16)22(23,24)25/h2*3-12H,1-2H3,(H2,29,30,33);3-12H,1-2H3,(H,26,27)(H2,29,30,32). The van der Waals surface area contributed by atoms with Gasteiger partial charge in [-0.25, -0.2) is 29.3 Å². The molecule has 0 bridgehead atoms. The van der Waals surface area contributed by atoms with Gasteiger partial charge in [-0.1, -0.05) is 54.6 Å². The number of esters is 2. The number of fused-ring (bicyclic) bond motifs is 3. The summed E-state index contributed by atoms with van der Waals surface area (Å²) in [6.07, 6.45) is -3.61. The Labute approximate surface area is 560 Å². The van der Waals surface area contributed by atoms with E-state index in [9.17, 15) is 63.5 Å². The van der Waals surface area contributed by atoms with Crippen LogP contribution in [0, 0.1) is 0 Å². The fraction of sp³-hybridized carbons (Fsp3) is 0.132. The predicted molar refractivity (Wildman–Crippen MR) is 356 cm³/mol. The molecule has 0 aliphatic rings. The zero-order valence-electron chi connectivity index (χ0n) is 53.1. The predicted octanol–water partition coefficient (Wildman–Crippen LogP) is 15.8. The van der Waals surface area contributed by atoms with Gasteiger partial charge in [-0.15, -0.1) is 0 Å². The SMILES string of the molecule is CC(=O)Oc1ncc(-c2ccc(NC(=O)Nc3cccc(C(F)(F)F)c3)cc2)c2cnn(C)c12.CC(=O)Oc1ncc2c(cnn2C)c1-c1ccc(NC(=O)Nc2cccc(C(F)(F)F)c2)cc1.CNc1ncc(-c2ccc(NC(=O)Nc3cccc(C(F)(F)F)c3)cc2)c2cnn(C)c12. The summed E-state index contributed by atoms with van der Waals surface area (Å²) in [5, 5.41) is 33.1. The molecule has 7 N–H and O–H groups in total. The lowest BCUT2D eigenvalue weighted by Gasteiger charge is -2.12. The maximum atomic E-state index is 12.9. The van der Waals surface area contributed by atoms with Gasteiger partial charge >= 0.3 is 48.6 Å². The first-order valence-corrected chi connectivity index (χ1v) is 29.5. The summed E-state index contributed by atoms with van der Waals surface area (Å²) in [6.45, 7) is 2.56. The number of anilines is 7. The third-order valence-electron chi connectivity index (χ3n) is 14.7. The number of rotatable bonds is 12. The number of nitrogens with zero attached hydrogens (tertiary/aromatic N) is 9. The zero-order valence-corrected chi connectivity index (χ0v) is 53.1. The first kappa shape index (κ1) is 69.9. The van der Waals surface area contributed by atoms with Crippen LogP contribution < -0.4 is 46.7 Å². The number of carbonyl (C=O) groups is 5. The highest BCUT2D eigenvalue weighted by atomic mass is 19.4. The van der Waals surface area contributed by atoms with E-state index in [4.69, 9.17) is 9.47 Å². The number of benzene rings is 6. The minimum atomic E-state index is -4.51. The third kappa shape index (κ3) is 16.8. The quantitative estimate of drug-likeness (QED) is 0.0443. The van der Waals surface area contributed by atoms with Crippen molar-refractivity contribution in [3.8, 4) is 45.1 Å². The molecule has 0 aliphatic carbocycles. The van der Waals surface area contributed by atoms with Gasteiger partial charge in [0.2, 0.25) is 11.8 Å². The molecule has 12 rings (SSSR count). The number of halogens is 9. The molecular formula is C68H55F9N16O7. The van der Waals surface area contributed by atoms with Crippen molar-refractivity contribution in [3.05, 3.63) is 199 Å². The van der Waals surface area contributed by atoms with Crippen LogP contribution in [0.1, 0.15) is 30.5 Å². The summed E-state index contributed by atoms with van der Waals surface area (Å²) in [4.78, 5) is 72.5. The van der Waals surface area contributed by atoms with Crippen LogP contribution in [0.15, 0.2) is 183 Å². The smallest absolute Gasteiger partial charge is 0.407 e. The average Bonchev–Trinajstić information content (AvgIpc) is 1.44. The molecule has 12 aromatic rings. The van der Waals surface area contributed by atoms with Crippen LogP contribution in [0.4, 0.5) is 93.8 Å². The Morgan fingerprint density at radius 1 is 0.390 bits per heavy atom. The molecule has 6 amide bonds. The molecule has 0 atom stereocenters. The highest BCUT2D eigenvalue weighted by Gasteiger charge is 2.33. The number of pyridine rings is 3. The molecule has 0 saturated heterocycles. The van der Waals surface area contributed by atoms with Crippen molar-refractivity contribution >= 4 is 103 Å². The van der Waals surface area contributed by atoms with Crippen LogP contribution in [-0.2, 0) is 49.3 Å². The molecule has 512 valence electrons. The van der Waals surface area contributed by atoms with E-state index in [-0.39, 0.29) is 28.8 Å². The number of carbonyl (C=O) groups excluding carboxylic acids is 5. The van der Waals surface area contributed by atoms with Crippen molar-refractivity contribution in [2.24, 2.45) is 21.1 Å². The van der Waals surface area contributed by atoms with E-state index >= 15 is 0 Å². The first-order chi connectivity index (χ1) is 47.5. The Morgan fingerprint density at radius 2 is 0.740 bits per heavy atom. The monoisotopic (exact) mass is 1380 g/mol. The van der Waals surface area contributed by atoms with Gasteiger partial charge < -0.3 is 46.7 Å². The largest absolute Gasteiger partial charge is 0.416 e. The molecule has 0 fully saturated rings. The molecular weight excluding hydrogens is 1320 g/mol. The van der Waals surface area contributed by atoms with Gasteiger partial charge in [0, 0.05) is 116 Å². The molecule has 23 nitrogen and oxygen atoms in total. The van der Waals surface area contributed by atoms with Crippen LogP contribution >= 0.6 is 0 Å². The number of hydrogen-bond acceptors (Lipinski definition) is 14. The fourth-order valence-electron chi connectivity index (χ4n) is 10.1. The summed E-state index contributed by atoms with van der Waals surface area (Å²) < 4.78 is 131. The van der Waals surface area contributed by atoms with E-state index in [2.05, 4.69) is 67.5 Å². The maximum Gasteiger partial charge on any atom is 0.416 e. The zero-order chi connectivity index (χ0) is 71.8. The Hall–Kier alpha value is -12.9. The highest BCUT2D eigenvalue weighted by Crippen LogP contribution is 2.39. The summed E-state index contributed by atoms with van der Waals surface area (Å²) in [5.74, 6) is -0.0387. The van der Waals surface area contributed by atoms with E-state index in [1.165, 1.54) is 50.2 Å². The van der Waals surface area contributed by atoms with Crippen LogP contribution in [0.25, 0.3) is 66.1 Å². The topological polar surface area (TPSA) is 280 Å². The van der Waals surface area contributed by atoms with Crippen molar-refractivity contribution in [2.45, 2.75) is 32.4 Å². The number of ether oxygens (including phenoxy) is 2. The van der Waals surface area contributed by atoms with Gasteiger partial charge in [0.25, 0.3) is 0 Å². The van der Waals surface area contributed by atoms with Gasteiger partial charge in [0.15, 0.2) is 5.82 Å². The molecule has 6 aromatic carbocycles. The minimum absolute atomic E-state index is 0.00398. The lowest BCUT2D eigenvalue weighted by molar-refractivity contribution is -0.138. The van der Waals surface area contributed by atoms with Gasteiger partial charge in [-0.3, -0.25) is 23.6 Å². The van der Waals surface area contributed by atoms with Crippen LogP contribution in [0.3, 0.4) is 0 Å². The Kier molecular flexibility index (Phi) is 20.4. The lowest BCUT2D eigenvalue weighted by atomic mass is 10.0. The van der Waals surface area contributed by atoms with Gasteiger partial charge in [-0.2, -0.15) is 54.8 Å². The first-order valence-electron chi connectivity index (χ1n) is 29.5. The molecule has 6 heterocycles. The second-order valence-electron chi connectivity index (χ2n) is 21.7.